The average molecular weight is 438 g/mol. The molecule has 0 aliphatic carbocycles. The van der Waals surface area contributed by atoms with E-state index in [4.69, 9.17) is 14.2 Å². The third kappa shape index (κ3) is 6.45. The van der Waals surface area contributed by atoms with Gasteiger partial charge in [0.25, 0.3) is 0 Å². The van der Waals surface area contributed by atoms with Gasteiger partial charge in [-0.15, -0.1) is 0 Å². The van der Waals surface area contributed by atoms with Gasteiger partial charge >= 0.3 is 0 Å². The Hall–Kier alpha value is -2.58. The first-order chi connectivity index (χ1) is 14.6. The lowest BCUT2D eigenvalue weighted by Gasteiger charge is -2.26. The molecule has 0 bridgehead atoms. The monoisotopic (exact) mass is 437 g/mol. The zero-order chi connectivity index (χ0) is 22.6. The minimum Gasteiger partial charge on any atom is -0.494 e. The van der Waals surface area contributed by atoms with Crippen LogP contribution in [0.4, 0.5) is 0 Å². The van der Waals surface area contributed by atoms with Crippen molar-refractivity contribution in [3.05, 3.63) is 67.0 Å². The maximum atomic E-state index is 6.15. The normalized spacial score (nSPS) is 12.0. The summed E-state index contributed by atoms with van der Waals surface area (Å²) in [5.74, 6) is 2.48. The molecule has 3 aromatic rings. The van der Waals surface area contributed by atoms with Gasteiger partial charge in [-0.1, -0.05) is 24.3 Å². The van der Waals surface area contributed by atoms with Gasteiger partial charge in [-0.3, -0.25) is 4.98 Å². The molecule has 31 heavy (non-hydrogen) atoms. The van der Waals surface area contributed by atoms with Gasteiger partial charge in [-0.25, -0.2) is 0 Å². The highest BCUT2D eigenvalue weighted by atomic mass is 31.1. The topological polar surface area (TPSA) is 40.6 Å². The number of nitrogens with zero attached hydrogens (tertiary/aromatic N) is 1. The van der Waals surface area contributed by atoms with E-state index in [9.17, 15) is 0 Å². The predicted molar refractivity (Wildman–Crippen MR) is 130 cm³/mol. The Labute approximate surface area is 187 Å². The van der Waals surface area contributed by atoms with Crippen molar-refractivity contribution >= 4 is 23.8 Å². The van der Waals surface area contributed by atoms with E-state index >= 15 is 0 Å². The fourth-order valence-corrected chi connectivity index (χ4v) is 5.64. The van der Waals surface area contributed by atoms with Crippen LogP contribution in [0.1, 0.15) is 41.5 Å². The molecule has 4 nitrogen and oxygen atoms in total. The van der Waals surface area contributed by atoms with Gasteiger partial charge in [0.1, 0.15) is 28.5 Å². The third-order valence-corrected chi connectivity index (χ3v) is 6.66. The first-order valence-electron chi connectivity index (χ1n) is 10.4. The van der Waals surface area contributed by atoms with Crippen LogP contribution in [0.15, 0.2) is 67.0 Å². The molecular formula is C26H32NO3P. The van der Waals surface area contributed by atoms with Crippen LogP contribution in [0.3, 0.4) is 0 Å². The molecule has 0 amide bonds. The second kappa shape index (κ2) is 9.28. The number of methoxy groups -OCH3 is 1. The molecule has 0 N–H and O–H groups in total. The Morgan fingerprint density at radius 1 is 0.742 bits per heavy atom. The van der Waals surface area contributed by atoms with Gasteiger partial charge in [-0.2, -0.15) is 0 Å². The van der Waals surface area contributed by atoms with Crippen LogP contribution in [0.5, 0.6) is 17.2 Å². The molecule has 0 spiro atoms. The summed E-state index contributed by atoms with van der Waals surface area (Å²) >= 11 is 0. The Bertz CT molecular complexity index is 962. The fourth-order valence-electron chi connectivity index (χ4n) is 3.22. The van der Waals surface area contributed by atoms with E-state index in [0.717, 1.165) is 22.6 Å². The molecule has 1 aromatic heterocycles. The van der Waals surface area contributed by atoms with E-state index in [0.29, 0.717) is 0 Å². The quantitative estimate of drug-likeness (QED) is 0.497. The van der Waals surface area contributed by atoms with E-state index in [1.54, 1.807) is 13.3 Å². The van der Waals surface area contributed by atoms with Crippen LogP contribution in [0, 0.1) is 0 Å². The van der Waals surface area contributed by atoms with E-state index in [1.165, 1.54) is 10.6 Å². The Balaban J connectivity index is 2.14. The van der Waals surface area contributed by atoms with Crippen LogP contribution in [0.25, 0.3) is 0 Å². The number of aromatic nitrogens is 1. The minimum absolute atomic E-state index is 0.268. The Morgan fingerprint density at radius 2 is 1.26 bits per heavy atom. The van der Waals surface area contributed by atoms with Crippen LogP contribution in [-0.2, 0) is 0 Å². The summed E-state index contributed by atoms with van der Waals surface area (Å²) in [4.78, 5) is 4.25. The van der Waals surface area contributed by atoms with Crippen molar-refractivity contribution < 1.29 is 14.2 Å². The lowest BCUT2D eigenvalue weighted by atomic mass is 10.2. The van der Waals surface area contributed by atoms with Crippen LogP contribution < -0.4 is 30.1 Å². The molecule has 0 aliphatic rings. The van der Waals surface area contributed by atoms with Crippen LogP contribution in [0.2, 0.25) is 0 Å². The van der Waals surface area contributed by atoms with Crippen molar-refractivity contribution in [2.75, 3.05) is 7.11 Å². The lowest BCUT2D eigenvalue weighted by molar-refractivity contribution is 0.130. The van der Waals surface area contributed by atoms with E-state index < -0.39 is 7.92 Å². The maximum Gasteiger partial charge on any atom is 0.145 e. The van der Waals surface area contributed by atoms with Crippen molar-refractivity contribution in [1.29, 1.82) is 0 Å². The first-order valence-corrected chi connectivity index (χ1v) is 11.8. The molecule has 0 saturated heterocycles. The number of hydrogen-bond acceptors (Lipinski definition) is 4. The molecule has 0 saturated carbocycles. The highest BCUT2D eigenvalue weighted by Gasteiger charge is 2.23. The van der Waals surface area contributed by atoms with Crippen LogP contribution in [-0.4, -0.2) is 23.3 Å². The molecular weight excluding hydrogens is 405 g/mol. The van der Waals surface area contributed by atoms with Gasteiger partial charge in [0.15, 0.2) is 0 Å². The van der Waals surface area contributed by atoms with Crippen LogP contribution >= 0.6 is 7.92 Å². The Kier molecular flexibility index (Phi) is 6.91. The smallest absolute Gasteiger partial charge is 0.145 e. The van der Waals surface area contributed by atoms with E-state index in [1.807, 2.05) is 24.4 Å². The Morgan fingerprint density at radius 3 is 1.71 bits per heavy atom. The summed E-state index contributed by atoms with van der Waals surface area (Å²) in [7, 11) is 0.774. The third-order valence-electron chi connectivity index (χ3n) is 4.22. The average Bonchev–Trinajstić information content (AvgIpc) is 2.66. The number of pyridine rings is 1. The van der Waals surface area contributed by atoms with Gasteiger partial charge in [0, 0.05) is 11.5 Å². The second-order valence-electron chi connectivity index (χ2n) is 9.31. The zero-order valence-electron chi connectivity index (χ0n) is 19.5. The van der Waals surface area contributed by atoms with E-state index in [2.05, 4.69) is 82.9 Å². The van der Waals surface area contributed by atoms with Gasteiger partial charge < -0.3 is 14.2 Å². The van der Waals surface area contributed by atoms with Gasteiger partial charge in [-0.05, 0) is 90.4 Å². The molecule has 164 valence electrons. The number of benzene rings is 2. The lowest BCUT2D eigenvalue weighted by Crippen LogP contribution is -2.26. The van der Waals surface area contributed by atoms with Gasteiger partial charge in [0.2, 0.25) is 0 Å². The largest absolute Gasteiger partial charge is 0.494 e. The first kappa shape index (κ1) is 23.1. The summed E-state index contributed by atoms with van der Waals surface area (Å²) in [6.07, 6.45) is 3.59. The molecule has 0 unspecified atom stereocenters. The number of ether oxygens (including phenoxy) is 3. The maximum absolute atomic E-state index is 6.15. The second-order valence-corrected chi connectivity index (χ2v) is 11.5. The standard InChI is InChI=1S/C26H32NO3P/c1-25(2,3)29-19-10-8-12-21(16-19)31(24-14-15-27-18-23(24)28-7)22-13-9-11-20(17-22)30-26(4,5)6/h8-18H,1-7H3. The SMILES string of the molecule is COc1cnccc1P(c1cccc(OC(C)(C)C)c1)c1cccc(OC(C)(C)C)c1. The summed E-state index contributed by atoms with van der Waals surface area (Å²) in [5.41, 5.74) is -0.535. The van der Waals surface area contributed by atoms with Crippen molar-refractivity contribution in [3.8, 4) is 17.2 Å². The fraction of sp³-hybridized carbons (Fsp3) is 0.346. The zero-order valence-corrected chi connectivity index (χ0v) is 20.4. The van der Waals surface area contributed by atoms with Crippen molar-refractivity contribution in [3.63, 3.8) is 0 Å². The molecule has 3 rings (SSSR count). The summed E-state index contributed by atoms with van der Waals surface area (Å²) in [6.45, 7) is 12.3. The minimum atomic E-state index is -0.913. The van der Waals surface area contributed by atoms with Crippen molar-refractivity contribution in [2.24, 2.45) is 0 Å². The highest BCUT2D eigenvalue weighted by molar-refractivity contribution is 7.80. The number of rotatable bonds is 6. The predicted octanol–water partition coefficient (Wildman–Crippen LogP) is 5.20. The molecule has 2 aromatic carbocycles. The molecule has 0 atom stereocenters. The van der Waals surface area contributed by atoms with Gasteiger partial charge in [0.05, 0.1) is 13.3 Å². The molecule has 0 radical (unpaired) electrons. The molecule has 0 aliphatic heterocycles. The summed E-state index contributed by atoms with van der Waals surface area (Å²) in [6, 6.07) is 18.7. The highest BCUT2D eigenvalue weighted by Crippen LogP contribution is 2.38. The van der Waals surface area contributed by atoms with Crippen molar-refractivity contribution in [1.82, 2.24) is 4.98 Å². The molecule has 5 heteroatoms. The van der Waals surface area contributed by atoms with Crippen molar-refractivity contribution in [2.45, 2.75) is 52.7 Å². The summed E-state index contributed by atoms with van der Waals surface area (Å²) in [5, 5.41) is 3.46. The molecule has 0 fully saturated rings. The molecule has 1 heterocycles. The van der Waals surface area contributed by atoms with E-state index in [-0.39, 0.29) is 11.2 Å². The summed E-state index contributed by atoms with van der Waals surface area (Å²) < 4.78 is 18.0. The number of hydrogen-bond donors (Lipinski definition) is 0.